The molecule has 62 valence electrons. The van der Waals surface area contributed by atoms with Crippen LogP contribution in [0.5, 0.6) is 0 Å². The van der Waals surface area contributed by atoms with Gasteiger partial charge in [0.25, 0.3) is 0 Å². The highest BCUT2D eigenvalue weighted by Crippen LogP contribution is 2.22. The maximum absolute atomic E-state index is 5.66. The summed E-state index contributed by atoms with van der Waals surface area (Å²) in [7, 11) is 0. The molecule has 0 bridgehead atoms. The van der Waals surface area contributed by atoms with Crippen LogP contribution in [0.15, 0.2) is 16.7 Å². The molecule has 1 aromatic heterocycles. The van der Waals surface area contributed by atoms with Gasteiger partial charge in [0.15, 0.2) is 0 Å². The predicted molar refractivity (Wildman–Crippen MR) is 53.0 cm³/mol. The monoisotopic (exact) mass is 235 g/mol. The first kappa shape index (κ1) is 10.9. The minimum Gasteiger partial charge on any atom is -0.243 e. The molecule has 0 fully saturated rings. The van der Waals surface area contributed by atoms with E-state index in [1.807, 2.05) is 26.8 Å². The number of rotatable bonds is 0. The number of aromatic nitrogens is 1. The third kappa shape index (κ3) is 3.21. The molecule has 0 spiro atoms. The average molecular weight is 237 g/mol. The summed E-state index contributed by atoms with van der Waals surface area (Å²) in [5.41, 5.74) is 1.11. The van der Waals surface area contributed by atoms with Gasteiger partial charge in [0.1, 0.15) is 5.15 Å². The van der Waals surface area contributed by atoms with Crippen LogP contribution >= 0.6 is 27.5 Å². The molecular formula is C8H11BrClN. The van der Waals surface area contributed by atoms with Crippen molar-refractivity contribution in [3.63, 3.8) is 0 Å². The second-order valence-corrected chi connectivity index (χ2v) is 2.88. The van der Waals surface area contributed by atoms with Gasteiger partial charge in [-0.3, -0.25) is 0 Å². The van der Waals surface area contributed by atoms with Gasteiger partial charge < -0.3 is 0 Å². The number of nitrogens with zero attached hydrogens (tertiary/aromatic N) is 1. The molecule has 0 amide bonds. The van der Waals surface area contributed by atoms with Crippen LogP contribution in [0.25, 0.3) is 0 Å². The highest BCUT2D eigenvalue weighted by molar-refractivity contribution is 9.10. The number of aryl methyl sites for hydroxylation is 1. The Balaban J connectivity index is 0.000000461. The lowest BCUT2D eigenvalue weighted by molar-refractivity contribution is 1.26. The summed E-state index contributed by atoms with van der Waals surface area (Å²) in [6.45, 7) is 5.97. The van der Waals surface area contributed by atoms with Gasteiger partial charge in [0.2, 0.25) is 0 Å². The van der Waals surface area contributed by atoms with Crippen molar-refractivity contribution in [1.29, 1.82) is 0 Å². The minimum absolute atomic E-state index is 0.523. The van der Waals surface area contributed by atoms with E-state index < -0.39 is 0 Å². The van der Waals surface area contributed by atoms with Gasteiger partial charge in [0.05, 0.1) is 4.47 Å². The Kier molecular flexibility index (Phi) is 5.51. The van der Waals surface area contributed by atoms with Crippen molar-refractivity contribution in [2.24, 2.45) is 0 Å². The Morgan fingerprint density at radius 3 is 2.36 bits per heavy atom. The highest BCUT2D eigenvalue weighted by atomic mass is 79.9. The molecule has 0 aliphatic rings. The fraction of sp³-hybridized carbons (Fsp3) is 0.375. The molecular weight excluding hydrogens is 225 g/mol. The summed E-state index contributed by atoms with van der Waals surface area (Å²) in [6, 6.07) is 1.90. The Labute approximate surface area is 80.9 Å². The van der Waals surface area contributed by atoms with Gasteiger partial charge in [-0.25, -0.2) is 4.98 Å². The molecule has 1 heterocycles. The minimum atomic E-state index is 0.523. The quantitative estimate of drug-likeness (QED) is 0.624. The van der Waals surface area contributed by atoms with E-state index in [9.17, 15) is 0 Å². The van der Waals surface area contributed by atoms with E-state index in [1.165, 1.54) is 0 Å². The largest absolute Gasteiger partial charge is 0.243 e. The third-order valence-electron chi connectivity index (χ3n) is 1.04. The SMILES string of the molecule is CC.Cc1ccnc(Cl)c1Br. The van der Waals surface area contributed by atoms with E-state index in [0.29, 0.717) is 5.15 Å². The van der Waals surface area contributed by atoms with Crippen LogP contribution in [-0.4, -0.2) is 4.98 Å². The van der Waals surface area contributed by atoms with Crippen LogP contribution in [0.2, 0.25) is 5.15 Å². The highest BCUT2D eigenvalue weighted by Gasteiger charge is 1.97. The predicted octanol–water partition coefficient (Wildman–Crippen LogP) is 3.83. The summed E-state index contributed by atoms with van der Waals surface area (Å²) >= 11 is 8.94. The number of hydrogen-bond acceptors (Lipinski definition) is 1. The number of halogens is 2. The molecule has 0 radical (unpaired) electrons. The Hall–Kier alpha value is -0.0800. The lowest BCUT2D eigenvalue weighted by Crippen LogP contribution is -1.79. The maximum Gasteiger partial charge on any atom is 0.143 e. The van der Waals surface area contributed by atoms with Crippen LogP contribution in [0.3, 0.4) is 0 Å². The molecule has 1 nitrogen and oxygen atoms in total. The Bertz CT molecular complexity index is 205. The normalized spacial score (nSPS) is 8.45. The van der Waals surface area contributed by atoms with E-state index >= 15 is 0 Å². The van der Waals surface area contributed by atoms with Crippen LogP contribution in [0.4, 0.5) is 0 Å². The molecule has 0 aromatic carbocycles. The zero-order chi connectivity index (χ0) is 8.85. The first-order valence-electron chi connectivity index (χ1n) is 3.48. The van der Waals surface area contributed by atoms with Gasteiger partial charge in [0, 0.05) is 6.20 Å². The van der Waals surface area contributed by atoms with Crippen molar-refractivity contribution in [2.75, 3.05) is 0 Å². The van der Waals surface area contributed by atoms with Crippen molar-refractivity contribution < 1.29 is 0 Å². The first-order valence-corrected chi connectivity index (χ1v) is 4.65. The zero-order valence-electron chi connectivity index (χ0n) is 6.86. The van der Waals surface area contributed by atoms with Gasteiger partial charge in [-0.2, -0.15) is 0 Å². The van der Waals surface area contributed by atoms with Gasteiger partial charge in [-0.15, -0.1) is 0 Å². The van der Waals surface area contributed by atoms with Gasteiger partial charge in [-0.05, 0) is 34.5 Å². The lowest BCUT2D eigenvalue weighted by atomic mass is 10.3. The summed E-state index contributed by atoms with van der Waals surface area (Å²) in [5, 5.41) is 0.523. The summed E-state index contributed by atoms with van der Waals surface area (Å²) in [5.74, 6) is 0. The standard InChI is InChI=1S/C6H5BrClN.C2H6/c1-4-2-3-9-6(8)5(4)7;1-2/h2-3H,1H3;1-2H3. The number of hydrogen-bond donors (Lipinski definition) is 0. The van der Waals surface area contributed by atoms with E-state index in [2.05, 4.69) is 20.9 Å². The van der Waals surface area contributed by atoms with E-state index in [-0.39, 0.29) is 0 Å². The molecule has 11 heavy (non-hydrogen) atoms. The topological polar surface area (TPSA) is 12.9 Å². The van der Waals surface area contributed by atoms with E-state index in [1.54, 1.807) is 6.20 Å². The molecule has 0 aliphatic heterocycles. The van der Waals surface area contributed by atoms with Crippen molar-refractivity contribution >= 4 is 27.5 Å². The smallest absolute Gasteiger partial charge is 0.143 e. The average Bonchev–Trinajstić information content (AvgIpc) is 2.04. The second-order valence-electron chi connectivity index (χ2n) is 1.73. The van der Waals surface area contributed by atoms with Crippen molar-refractivity contribution in [3.8, 4) is 0 Å². The molecule has 1 aromatic rings. The van der Waals surface area contributed by atoms with Crippen molar-refractivity contribution in [1.82, 2.24) is 4.98 Å². The zero-order valence-corrected chi connectivity index (χ0v) is 9.20. The second kappa shape index (κ2) is 5.56. The van der Waals surface area contributed by atoms with Crippen LogP contribution in [0.1, 0.15) is 19.4 Å². The maximum atomic E-state index is 5.66. The van der Waals surface area contributed by atoms with Crippen molar-refractivity contribution in [2.45, 2.75) is 20.8 Å². The Morgan fingerprint density at radius 2 is 2.00 bits per heavy atom. The Morgan fingerprint density at radius 1 is 1.45 bits per heavy atom. The summed E-state index contributed by atoms with van der Waals surface area (Å²) in [6.07, 6.45) is 1.68. The van der Waals surface area contributed by atoms with Gasteiger partial charge >= 0.3 is 0 Å². The first-order chi connectivity index (χ1) is 5.22. The van der Waals surface area contributed by atoms with Crippen LogP contribution in [0, 0.1) is 6.92 Å². The fourth-order valence-corrected chi connectivity index (χ4v) is 0.947. The van der Waals surface area contributed by atoms with Crippen LogP contribution in [-0.2, 0) is 0 Å². The lowest BCUT2D eigenvalue weighted by Gasteiger charge is -1.95. The van der Waals surface area contributed by atoms with Gasteiger partial charge in [-0.1, -0.05) is 25.4 Å². The van der Waals surface area contributed by atoms with Crippen molar-refractivity contribution in [3.05, 3.63) is 27.5 Å². The molecule has 0 saturated carbocycles. The third-order valence-corrected chi connectivity index (χ3v) is 2.56. The summed E-state index contributed by atoms with van der Waals surface area (Å²) < 4.78 is 0.881. The van der Waals surface area contributed by atoms with E-state index in [0.717, 1.165) is 10.0 Å². The number of pyridine rings is 1. The molecule has 0 N–H and O–H groups in total. The molecule has 0 atom stereocenters. The fourth-order valence-electron chi connectivity index (χ4n) is 0.507. The summed E-state index contributed by atoms with van der Waals surface area (Å²) in [4.78, 5) is 3.86. The molecule has 1 rings (SSSR count). The van der Waals surface area contributed by atoms with E-state index in [4.69, 9.17) is 11.6 Å². The van der Waals surface area contributed by atoms with Crippen LogP contribution < -0.4 is 0 Å². The molecule has 3 heteroatoms. The molecule has 0 unspecified atom stereocenters. The molecule has 0 aliphatic carbocycles. The molecule has 0 saturated heterocycles.